The first-order chi connectivity index (χ1) is 11.1. The Morgan fingerprint density at radius 2 is 1.35 bits per heavy atom. The molecule has 0 saturated carbocycles. The maximum atomic E-state index is 12.5. The molecule has 1 aliphatic carbocycles. The van der Waals surface area contributed by atoms with E-state index >= 15 is 0 Å². The van der Waals surface area contributed by atoms with Crippen molar-refractivity contribution in [2.45, 2.75) is 6.92 Å². The molecule has 4 heteroatoms. The van der Waals surface area contributed by atoms with Crippen LogP contribution in [-0.4, -0.2) is 23.7 Å². The zero-order valence-corrected chi connectivity index (χ0v) is 12.7. The third-order valence-corrected chi connectivity index (χ3v) is 3.96. The topological polar surface area (TPSA) is 63.6 Å². The van der Waals surface area contributed by atoms with Crippen LogP contribution in [0.4, 0.5) is 0 Å². The number of carbonyl (C=O) groups excluding carboxylic acids is 1. The van der Waals surface area contributed by atoms with E-state index in [-0.39, 0.29) is 6.61 Å². The van der Waals surface area contributed by atoms with Crippen LogP contribution in [-0.2, 0) is 14.3 Å². The molecule has 23 heavy (non-hydrogen) atoms. The van der Waals surface area contributed by atoms with Gasteiger partial charge in [0.1, 0.15) is 0 Å². The molecule has 0 amide bonds. The molecule has 1 aliphatic rings. The SMILES string of the molecule is CCOC(=O)C1(C(=O)O)C(c2ccccc2)=C1c1ccccc1. The van der Waals surface area contributed by atoms with Crippen LogP contribution in [0.3, 0.4) is 0 Å². The molecule has 116 valence electrons. The molecule has 1 N–H and O–H groups in total. The lowest BCUT2D eigenvalue weighted by Gasteiger charge is -2.14. The fraction of sp³-hybridized carbons (Fsp3) is 0.158. The summed E-state index contributed by atoms with van der Waals surface area (Å²) in [6.45, 7) is 1.80. The predicted molar refractivity (Wildman–Crippen MR) is 86.4 cm³/mol. The standard InChI is InChI=1S/C19H16O4/c1-2-23-18(22)19(17(20)21)15(13-9-5-3-6-10-13)16(19)14-11-7-4-8-12-14/h3-12H,2H2,1H3,(H,20,21). The number of esters is 1. The Balaban J connectivity index is 2.17. The van der Waals surface area contributed by atoms with Crippen molar-refractivity contribution < 1.29 is 19.4 Å². The first-order valence-electron chi connectivity index (χ1n) is 7.40. The van der Waals surface area contributed by atoms with Gasteiger partial charge in [0.15, 0.2) is 0 Å². The first kappa shape index (κ1) is 15.0. The fourth-order valence-corrected chi connectivity index (χ4v) is 2.96. The number of hydrogen-bond acceptors (Lipinski definition) is 3. The largest absolute Gasteiger partial charge is 0.480 e. The molecule has 0 spiro atoms. The molecule has 0 aromatic heterocycles. The summed E-state index contributed by atoms with van der Waals surface area (Å²) in [6.07, 6.45) is 0. The highest BCUT2D eigenvalue weighted by Gasteiger charge is 2.67. The van der Waals surface area contributed by atoms with Crippen LogP contribution in [0.2, 0.25) is 0 Å². The number of carbonyl (C=O) groups is 2. The molecule has 0 atom stereocenters. The lowest BCUT2D eigenvalue weighted by atomic mass is 9.92. The summed E-state index contributed by atoms with van der Waals surface area (Å²) in [5, 5.41) is 9.82. The predicted octanol–water partition coefficient (Wildman–Crippen LogP) is 3.25. The molecule has 0 saturated heterocycles. The normalized spacial score (nSPS) is 15.2. The Kier molecular flexibility index (Phi) is 3.74. The first-order valence-corrected chi connectivity index (χ1v) is 7.40. The van der Waals surface area contributed by atoms with Gasteiger partial charge in [-0.25, -0.2) is 0 Å². The van der Waals surface area contributed by atoms with Gasteiger partial charge in [-0.15, -0.1) is 0 Å². The second kappa shape index (κ2) is 5.72. The number of carboxylic acids is 1. The van der Waals surface area contributed by atoms with Gasteiger partial charge in [-0.05, 0) is 29.2 Å². The van der Waals surface area contributed by atoms with Crippen LogP contribution < -0.4 is 0 Å². The number of benzene rings is 2. The molecule has 0 radical (unpaired) electrons. The van der Waals surface area contributed by atoms with Crippen LogP contribution in [0.5, 0.6) is 0 Å². The highest BCUT2D eigenvalue weighted by Crippen LogP contribution is 2.64. The second-order valence-corrected chi connectivity index (χ2v) is 5.26. The van der Waals surface area contributed by atoms with Crippen LogP contribution in [0, 0.1) is 5.41 Å². The fourth-order valence-electron chi connectivity index (χ4n) is 2.96. The molecule has 2 aromatic rings. The van der Waals surface area contributed by atoms with Crippen molar-refractivity contribution in [1.82, 2.24) is 0 Å². The van der Waals surface area contributed by atoms with E-state index in [0.29, 0.717) is 11.1 Å². The summed E-state index contributed by atoms with van der Waals surface area (Å²) in [7, 11) is 0. The van der Waals surface area contributed by atoms with Gasteiger partial charge in [0, 0.05) is 0 Å². The average molecular weight is 308 g/mol. The molecule has 2 aromatic carbocycles. The maximum absolute atomic E-state index is 12.5. The lowest BCUT2D eigenvalue weighted by Crippen LogP contribution is -2.32. The van der Waals surface area contributed by atoms with Crippen molar-refractivity contribution >= 4 is 23.1 Å². The molecule has 3 rings (SSSR count). The van der Waals surface area contributed by atoms with Crippen molar-refractivity contribution in [2.24, 2.45) is 5.41 Å². The lowest BCUT2D eigenvalue weighted by molar-refractivity contribution is -0.157. The van der Waals surface area contributed by atoms with Gasteiger partial charge in [0.25, 0.3) is 0 Å². The number of aliphatic carboxylic acids is 1. The van der Waals surface area contributed by atoms with E-state index < -0.39 is 17.4 Å². The van der Waals surface area contributed by atoms with Gasteiger partial charge in [-0.3, -0.25) is 9.59 Å². The van der Waals surface area contributed by atoms with E-state index in [0.717, 1.165) is 11.1 Å². The number of ether oxygens (including phenoxy) is 1. The van der Waals surface area contributed by atoms with Gasteiger partial charge in [0.05, 0.1) is 6.61 Å². The van der Waals surface area contributed by atoms with Gasteiger partial charge < -0.3 is 9.84 Å². The number of rotatable bonds is 5. The molecule has 0 fully saturated rings. The Bertz CT molecular complexity index is 726. The molecule has 0 heterocycles. The van der Waals surface area contributed by atoms with Crippen molar-refractivity contribution in [1.29, 1.82) is 0 Å². The summed E-state index contributed by atoms with van der Waals surface area (Å²) in [4.78, 5) is 24.5. The van der Waals surface area contributed by atoms with E-state index in [4.69, 9.17) is 4.74 Å². The van der Waals surface area contributed by atoms with Crippen molar-refractivity contribution in [3.05, 3.63) is 71.8 Å². The third-order valence-electron chi connectivity index (χ3n) is 3.96. The summed E-state index contributed by atoms with van der Waals surface area (Å²) >= 11 is 0. The van der Waals surface area contributed by atoms with Gasteiger partial charge >= 0.3 is 11.9 Å². The van der Waals surface area contributed by atoms with E-state index in [1.807, 2.05) is 60.7 Å². The van der Waals surface area contributed by atoms with E-state index in [1.165, 1.54) is 0 Å². The van der Waals surface area contributed by atoms with Crippen LogP contribution >= 0.6 is 0 Å². The van der Waals surface area contributed by atoms with Crippen LogP contribution in [0.25, 0.3) is 11.1 Å². The number of carboxylic acid groups (broad SMARTS) is 1. The van der Waals surface area contributed by atoms with E-state index in [2.05, 4.69) is 0 Å². The zero-order valence-electron chi connectivity index (χ0n) is 12.7. The van der Waals surface area contributed by atoms with Gasteiger partial charge in [-0.1, -0.05) is 60.7 Å². The molecule has 0 unspecified atom stereocenters. The Hall–Kier alpha value is -2.88. The molecular formula is C19H16O4. The van der Waals surface area contributed by atoms with Gasteiger partial charge in [-0.2, -0.15) is 0 Å². The Morgan fingerprint density at radius 3 is 1.70 bits per heavy atom. The van der Waals surface area contributed by atoms with E-state index in [9.17, 15) is 14.7 Å². The Morgan fingerprint density at radius 1 is 0.913 bits per heavy atom. The minimum absolute atomic E-state index is 0.137. The molecule has 4 nitrogen and oxygen atoms in total. The molecule has 0 bridgehead atoms. The number of hydrogen-bond donors (Lipinski definition) is 1. The van der Waals surface area contributed by atoms with Crippen molar-refractivity contribution in [2.75, 3.05) is 6.61 Å². The summed E-state index contributed by atoms with van der Waals surface area (Å²) < 4.78 is 5.07. The average Bonchev–Trinajstić information content (AvgIpc) is 3.28. The monoisotopic (exact) mass is 308 g/mol. The smallest absolute Gasteiger partial charge is 0.332 e. The zero-order chi connectivity index (χ0) is 16.4. The summed E-state index contributed by atoms with van der Waals surface area (Å²) in [6, 6.07) is 18.2. The minimum atomic E-state index is -1.71. The Labute approximate surface area is 134 Å². The summed E-state index contributed by atoms with van der Waals surface area (Å²) in [5.41, 5.74) is 0.757. The maximum Gasteiger partial charge on any atom is 0.332 e. The van der Waals surface area contributed by atoms with Crippen molar-refractivity contribution in [3.8, 4) is 0 Å². The van der Waals surface area contributed by atoms with E-state index in [1.54, 1.807) is 6.92 Å². The minimum Gasteiger partial charge on any atom is -0.480 e. The highest BCUT2D eigenvalue weighted by atomic mass is 16.5. The molecular weight excluding hydrogens is 292 g/mol. The third kappa shape index (κ3) is 2.23. The quantitative estimate of drug-likeness (QED) is 0.680. The van der Waals surface area contributed by atoms with Gasteiger partial charge in [0.2, 0.25) is 5.41 Å². The summed E-state index contributed by atoms with van der Waals surface area (Å²) in [5.74, 6) is -1.93. The van der Waals surface area contributed by atoms with Crippen LogP contribution in [0.15, 0.2) is 60.7 Å². The molecule has 0 aliphatic heterocycles. The highest BCUT2D eigenvalue weighted by molar-refractivity contribution is 6.38. The van der Waals surface area contributed by atoms with Crippen LogP contribution in [0.1, 0.15) is 18.1 Å². The second-order valence-electron chi connectivity index (χ2n) is 5.26. The van der Waals surface area contributed by atoms with Crippen molar-refractivity contribution in [3.63, 3.8) is 0 Å².